The van der Waals surface area contributed by atoms with E-state index in [4.69, 9.17) is 11.6 Å². The molecule has 0 aliphatic rings. The fourth-order valence-corrected chi connectivity index (χ4v) is 2.11. The minimum atomic E-state index is -0.296. The Morgan fingerprint density at radius 2 is 2.24 bits per heavy atom. The number of aromatic nitrogens is 2. The minimum absolute atomic E-state index is 0.0948. The molecule has 1 aromatic rings. The largest absolute Gasteiger partial charge is 0.346 e. The van der Waals surface area contributed by atoms with Gasteiger partial charge in [-0.05, 0) is 40.2 Å². The van der Waals surface area contributed by atoms with Crippen molar-refractivity contribution >= 4 is 17.5 Å². The lowest BCUT2D eigenvalue weighted by molar-refractivity contribution is 0.0900. The fourth-order valence-electron chi connectivity index (χ4n) is 1.64. The average molecular weight is 258 g/mol. The van der Waals surface area contributed by atoms with Gasteiger partial charge in [0.2, 0.25) is 0 Å². The van der Waals surface area contributed by atoms with Gasteiger partial charge in [-0.1, -0.05) is 0 Å². The summed E-state index contributed by atoms with van der Waals surface area (Å²) in [5.41, 5.74) is 1.16. The van der Waals surface area contributed by atoms with Crippen molar-refractivity contribution in [1.82, 2.24) is 15.1 Å². The number of rotatable bonds is 5. The molecular weight excluding hydrogens is 238 g/mol. The molecule has 0 aliphatic carbocycles. The van der Waals surface area contributed by atoms with Crippen LogP contribution in [0, 0.1) is 6.92 Å². The van der Waals surface area contributed by atoms with Crippen LogP contribution in [0.2, 0.25) is 0 Å². The number of nitrogens with one attached hydrogen (secondary N) is 1. The van der Waals surface area contributed by atoms with Crippen molar-refractivity contribution in [2.45, 2.75) is 46.2 Å². The number of nitrogens with zero attached hydrogens (tertiary/aromatic N) is 2. The number of alkyl halides is 1. The Balaban J connectivity index is 2.82. The maximum Gasteiger partial charge on any atom is 0.269 e. The van der Waals surface area contributed by atoms with Crippen molar-refractivity contribution in [2.75, 3.05) is 5.88 Å². The van der Waals surface area contributed by atoms with Gasteiger partial charge in [0.1, 0.15) is 5.69 Å². The van der Waals surface area contributed by atoms with E-state index >= 15 is 0 Å². The highest BCUT2D eigenvalue weighted by molar-refractivity contribution is 6.17. The summed E-state index contributed by atoms with van der Waals surface area (Å²) in [5.74, 6) is 0.432. The molecular formula is C12H20ClN3O. The highest BCUT2D eigenvalue weighted by Crippen LogP contribution is 2.12. The molecule has 1 heterocycles. The molecule has 96 valence electrons. The molecule has 0 unspecified atom stereocenters. The third-order valence-electron chi connectivity index (χ3n) is 2.61. The normalized spacial score (nSPS) is 11.6. The van der Waals surface area contributed by atoms with Gasteiger partial charge in [0.05, 0.1) is 5.69 Å². The summed E-state index contributed by atoms with van der Waals surface area (Å²) in [7, 11) is 0. The van der Waals surface area contributed by atoms with Gasteiger partial charge in [-0.2, -0.15) is 5.10 Å². The molecule has 0 bridgehead atoms. The van der Waals surface area contributed by atoms with Crippen molar-refractivity contribution in [3.63, 3.8) is 0 Å². The molecule has 1 N–H and O–H groups in total. The average Bonchev–Trinajstić information content (AvgIpc) is 2.58. The van der Waals surface area contributed by atoms with Crippen LogP contribution in [0.5, 0.6) is 0 Å². The topological polar surface area (TPSA) is 46.9 Å². The quantitative estimate of drug-likeness (QED) is 0.823. The van der Waals surface area contributed by atoms with Crippen LogP contribution in [0.15, 0.2) is 6.07 Å². The maximum absolute atomic E-state index is 12.1. The molecule has 0 saturated heterocycles. The molecule has 0 aromatic carbocycles. The van der Waals surface area contributed by atoms with Gasteiger partial charge in [-0.25, -0.2) is 0 Å². The standard InChI is InChI=1S/C12H20ClN3O/c1-5-16-10(8-9(2)15-16)11(17)14-12(3,4)6-7-13/h8H,5-7H2,1-4H3,(H,14,17). The Labute approximate surface area is 107 Å². The molecule has 5 heteroatoms. The number of hydrogen-bond donors (Lipinski definition) is 1. The minimum Gasteiger partial charge on any atom is -0.346 e. The maximum atomic E-state index is 12.1. The molecule has 0 spiro atoms. The van der Waals surface area contributed by atoms with Gasteiger partial charge in [-0.15, -0.1) is 11.6 Å². The van der Waals surface area contributed by atoms with Crippen LogP contribution in [0.1, 0.15) is 43.4 Å². The van der Waals surface area contributed by atoms with Crippen molar-refractivity contribution in [1.29, 1.82) is 0 Å². The van der Waals surface area contributed by atoms with Gasteiger partial charge < -0.3 is 5.32 Å². The predicted molar refractivity (Wildman–Crippen MR) is 69.5 cm³/mol. The Hall–Kier alpha value is -1.03. The monoisotopic (exact) mass is 257 g/mol. The molecule has 1 rings (SSSR count). The second-order valence-corrected chi connectivity index (χ2v) is 5.14. The third-order valence-corrected chi connectivity index (χ3v) is 2.79. The number of halogens is 1. The molecule has 1 amide bonds. The van der Waals surface area contributed by atoms with Gasteiger partial charge in [0.15, 0.2) is 0 Å². The summed E-state index contributed by atoms with van der Waals surface area (Å²) in [6, 6.07) is 1.80. The van der Waals surface area contributed by atoms with Crippen LogP contribution >= 0.6 is 11.6 Å². The van der Waals surface area contributed by atoms with E-state index in [1.54, 1.807) is 10.7 Å². The number of carbonyl (C=O) groups excluding carboxylic acids is 1. The van der Waals surface area contributed by atoms with Crippen LogP contribution < -0.4 is 5.32 Å². The Bertz CT molecular complexity index is 398. The highest BCUT2D eigenvalue weighted by Gasteiger charge is 2.22. The zero-order valence-corrected chi connectivity index (χ0v) is 11.6. The van der Waals surface area contributed by atoms with Gasteiger partial charge in [-0.3, -0.25) is 9.48 Å². The van der Waals surface area contributed by atoms with Gasteiger partial charge in [0, 0.05) is 18.0 Å². The second kappa shape index (κ2) is 5.54. The van der Waals surface area contributed by atoms with Gasteiger partial charge in [0.25, 0.3) is 5.91 Å². The Morgan fingerprint density at radius 1 is 1.59 bits per heavy atom. The summed E-state index contributed by atoms with van der Waals surface area (Å²) in [6.45, 7) is 8.46. The molecule has 0 fully saturated rings. The zero-order chi connectivity index (χ0) is 13.1. The summed E-state index contributed by atoms with van der Waals surface area (Å²) in [4.78, 5) is 12.1. The first kappa shape index (κ1) is 14.0. The van der Waals surface area contributed by atoms with Crippen LogP contribution in [-0.4, -0.2) is 27.1 Å². The van der Waals surface area contributed by atoms with Crippen LogP contribution in [0.4, 0.5) is 0 Å². The lowest BCUT2D eigenvalue weighted by Gasteiger charge is -2.25. The highest BCUT2D eigenvalue weighted by atomic mass is 35.5. The summed E-state index contributed by atoms with van der Waals surface area (Å²) in [6.07, 6.45) is 0.736. The summed E-state index contributed by atoms with van der Waals surface area (Å²) >= 11 is 5.71. The van der Waals surface area contributed by atoms with E-state index in [2.05, 4.69) is 10.4 Å². The van der Waals surface area contributed by atoms with Crippen molar-refractivity contribution in [3.8, 4) is 0 Å². The number of amides is 1. The number of aryl methyl sites for hydroxylation is 2. The van der Waals surface area contributed by atoms with Crippen molar-refractivity contribution in [2.24, 2.45) is 0 Å². The molecule has 17 heavy (non-hydrogen) atoms. The SMILES string of the molecule is CCn1nc(C)cc1C(=O)NC(C)(C)CCCl. The van der Waals surface area contributed by atoms with E-state index in [-0.39, 0.29) is 11.4 Å². The molecule has 4 nitrogen and oxygen atoms in total. The summed E-state index contributed by atoms with van der Waals surface area (Å²) in [5, 5.41) is 7.23. The third kappa shape index (κ3) is 3.73. The zero-order valence-electron chi connectivity index (χ0n) is 10.9. The van der Waals surface area contributed by atoms with Gasteiger partial charge >= 0.3 is 0 Å². The summed E-state index contributed by atoms with van der Waals surface area (Å²) < 4.78 is 1.71. The van der Waals surface area contributed by atoms with E-state index in [1.165, 1.54) is 0 Å². The molecule has 0 aliphatic heterocycles. The van der Waals surface area contributed by atoms with E-state index in [1.807, 2.05) is 27.7 Å². The van der Waals surface area contributed by atoms with Crippen LogP contribution in [-0.2, 0) is 6.54 Å². The molecule has 0 saturated carbocycles. The first-order chi connectivity index (χ1) is 7.89. The van der Waals surface area contributed by atoms with Crippen molar-refractivity contribution < 1.29 is 4.79 Å². The smallest absolute Gasteiger partial charge is 0.269 e. The number of hydrogen-bond acceptors (Lipinski definition) is 2. The van der Waals surface area contributed by atoms with E-state index < -0.39 is 0 Å². The Kier molecular flexibility index (Phi) is 4.57. The van der Waals surface area contributed by atoms with E-state index in [9.17, 15) is 4.79 Å². The lowest BCUT2D eigenvalue weighted by Crippen LogP contribution is -2.44. The molecule has 1 aromatic heterocycles. The first-order valence-electron chi connectivity index (χ1n) is 5.82. The van der Waals surface area contributed by atoms with E-state index in [0.29, 0.717) is 18.1 Å². The lowest BCUT2D eigenvalue weighted by atomic mass is 10.0. The number of carbonyl (C=O) groups is 1. The van der Waals surface area contributed by atoms with E-state index in [0.717, 1.165) is 12.1 Å². The molecule has 0 radical (unpaired) electrons. The van der Waals surface area contributed by atoms with Crippen LogP contribution in [0.3, 0.4) is 0 Å². The molecule has 0 atom stereocenters. The Morgan fingerprint density at radius 3 is 2.76 bits per heavy atom. The van der Waals surface area contributed by atoms with Crippen LogP contribution in [0.25, 0.3) is 0 Å². The second-order valence-electron chi connectivity index (χ2n) is 4.76. The predicted octanol–water partition coefficient (Wildman–Crippen LogP) is 2.35. The van der Waals surface area contributed by atoms with Crippen molar-refractivity contribution in [3.05, 3.63) is 17.5 Å². The fraction of sp³-hybridized carbons (Fsp3) is 0.667. The first-order valence-corrected chi connectivity index (χ1v) is 6.36.